The van der Waals surface area contributed by atoms with Crippen molar-refractivity contribution in [1.82, 2.24) is 19.9 Å². The zero-order chi connectivity index (χ0) is 52.7. The van der Waals surface area contributed by atoms with Crippen molar-refractivity contribution in [2.75, 3.05) is 78.5 Å². The van der Waals surface area contributed by atoms with Gasteiger partial charge in [-0.1, -0.05) is 24.4 Å². The van der Waals surface area contributed by atoms with E-state index in [1.165, 1.54) is 22.7 Å². The van der Waals surface area contributed by atoms with E-state index in [4.69, 9.17) is 40.1 Å². The van der Waals surface area contributed by atoms with E-state index in [-0.39, 0.29) is 94.5 Å². The molecule has 0 bridgehead atoms. The predicted molar refractivity (Wildman–Crippen MR) is 275 cm³/mol. The second kappa shape index (κ2) is 30.4. The first-order chi connectivity index (χ1) is 33.4. The summed E-state index contributed by atoms with van der Waals surface area (Å²) in [7, 11) is 0. The summed E-state index contributed by atoms with van der Waals surface area (Å²) in [5, 5.41) is 16.9. The normalized spacial score (nSPS) is 11.2. The van der Waals surface area contributed by atoms with Crippen LogP contribution in [0.5, 0.6) is 0 Å². The summed E-state index contributed by atoms with van der Waals surface area (Å²) in [5.41, 5.74) is 2.26. The maximum atomic E-state index is 14.2. The molecule has 4 heterocycles. The van der Waals surface area contributed by atoms with Gasteiger partial charge in [0.05, 0.1) is 56.4 Å². The van der Waals surface area contributed by atoms with Crippen LogP contribution in [-0.2, 0) is 38.8 Å². The Morgan fingerprint density at radius 2 is 0.592 bits per heavy atom. The van der Waals surface area contributed by atoms with Crippen LogP contribution in [0.15, 0.2) is 60.9 Å². The van der Waals surface area contributed by atoms with E-state index < -0.39 is 23.9 Å². The van der Waals surface area contributed by atoms with Crippen molar-refractivity contribution < 1.29 is 76.6 Å². The van der Waals surface area contributed by atoms with Crippen molar-refractivity contribution in [2.45, 2.75) is 83.1 Å². The van der Waals surface area contributed by atoms with Gasteiger partial charge in [0.15, 0.2) is 0 Å². The molecule has 384 valence electrons. The van der Waals surface area contributed by atoms with Crippen LogP contribution >= 0.6 is 24.4 Å². The average Bonchev–Trinajstić information content (AvgIpc) is 3.40. The molecule has 21 heteroatoms. The molecule has 4 rings (SSSR count). The summed E-state index contributed by atoms with van der Waals surface area (Å²) < 4.78 is 0.437. The molecule has 0 aliphatic rings. The van der Waals surface area contributed by atoms with Crippen molar-refractivity contribution in [2.24, 2.45) is 0 Å². The molecule has 18 nitrogen and oxygen atoms in total. The van der Waals surface area contributed by atoms with Gasteiger partial charge < -0.3 is 10.8 Å². The molecule has 0 spiro atoms. The molecule has 4 aromatic rings. The van der Waals surface area contributed by atoms with Gasteiger partial charge in [-0.05, 0) is 132 Å². The maximum absolute atomic E-state index is 14.2. The van der Waals surface area contributed by atoms with Gasteiger partial charge in [-0.3, -0.25) is 29.3 Å². The number of aromatic nitrogens is 4. The summed E-state index contributed by atoms with van der Waals surface area (Å²) in [5.74, 6) is -2.27. The van der Waals surface area contributed by atoms with Crippen LogP contribution in [0.2, 0.25) is 0 Å². The van der Waals surface area contributed by atoms with Crippen LogP contribution in [0, 0.1) is 0 Å². The number of nitrogens with zero attached hydrogens (tertiary/aromatic N) is 10. The van der Waals surface area contributed by atoms with Gasteiger partial charge in [0.1, 0.15) is 78.5 Å². The molecule has 0 fully saturated rings. The molecule has 0 atom stereocenters. The van der Waals surface area contributed by atoms with Gasteiger partial charge in [0.2, 0.25) is 0 Å². The van der Waals surface area contributed by atoms with Gasteiger partial charge in [-0.25, -0.2) is 29.1 Å². The molecule has 0 unspecified atom stereocenters. The fraction of sp³-hybridized carbons (Fsp3) is 0.480. The molecule has 0 saturated heterocycles. The van der Waals surface area contributed by atoms with Crippen LogP contribution < -0.4 is 0 Å². The number of carbonyl (C=O) groups is 4. The second-order valence-corrected chi connectivity index (χ2v) is 16.2. The zero-order valence-corrected chi connectivity index (χ0v) is 46.5. The summed E-state index contributed by atoms with van der Waals surface area (Å²) in [6, 6.07) is 12.5. The van der Waals surface area contributed by atoms with Gasteiger partial charge in [-0.2, -0.15) is 10.3 Å². The summed E-state index contributed by atoms with van der Waals surface area (Å²) in [6.45, 7) is 30.3. The monoisotopic (exact) mass is 1100 g/mol. The first kappa shape index (κ1) is 63.6. The molecule has 0 aliphatic carbocycles. The van der Waals surface area contributed by atoms with Crippen LogP contribution in [0.25, 0.3) is 45.0 Å². The Bertz CT molecular complexity index is 2270. The van der Waals surface area contributed by atoms with Gasteiger partial charge in [-0.15, -0.1) is 18.6 Å². The van der Waals surface area contributed by atoms with Crippen molar-refractivity contribution in [3.63, 3.8) is 0 Å². The standard InChI is InChI=1S/C48H70N8O8.2CNS.Ru/c1-13-53(14-2,15-3)61-45(57)35-25-27-49-39(29-35)41-31-37(47(59)63-55(19-7,20-8)21-9)33-43(51-41)44-34-38(48(60)64-56(22-10,23-11)24-12)32-42(52-44)40-30-36(26-28-50-40)46(58)62-54(16-4,17-5)18-6;2*2-1-3;/h25-34H,13-24H2,1-12H3;;;/q+4;2*-1;+2. The molecule has 0 saturated carbocycles. The molecule has 71 heavy (non-hydrogen) atoms. The summed E-state index contributed by atoms with van der Waals surface area (Å²) in [4.78, 5) is 99.0. The number of isothiocyanates is 2. The van der Waals surface area contributed by atoms with E-state index in [9.17, 15) is 19.2 Å². The maximum Gasteiger partial charge on any atom is 2.00 e. The fourth-order valence-corrected chi connectivity index (χ4v) is 7.59. The Balaban J connectivity index is 0.00000342. The van der Waals surface area contributed by atoms with Gasteiger partial charge in [0, 0.05) is 12.4 Å². The van der Waals surface area contributed by atoms with E-state index >= 15 is 0 Å². The number of carbonyl (C=O) groups excluding carboxylic acids is 4. The molecule has 0 amide bonds. The van der Waals surface area contributed by atoms with E-state index in [1.54, 1.807) is 48.5 Å². The number of hydrogen-bond donors (Lipinski definition) is 0. The van der Waals surface area contributed by atoms with Gasteiger partial charge in [0.25, 0.3) is 0 Å². The SMILES string of the molecule is CC[N+](CC)(CC)OC(=O)c1ccnc(-c2cc(C(=O)O[N+](CC)(CC)CC)cc(-c3cc(C(=O)O[N+](CC)(CC)CC)cc(-c4cc(C(=O)O[N+](CC)(CC)CC)ccn4)n3)n2)c1.[N-]=C=S.[N-]=C=S.[Ru+2]. The van der Waals surface area contributed by atoms with Crippen LogP contribution in [-0.4, -0.2) is 151 Å². The van der Waals surface area contributed by atoms with E-state index in [2.05, 4.69) is 34.4 Å². The third-order valence-electron chi connectivity index (χ3n) is 12.9. The Kier molecular flexibility index (Phi) is 27.2. The molecule has 0 N–H and O–H groups in total. The minimum atomic E-state index is -0.609. The smallest absolute Gasteiger partial charge is 0.753 e. The Labute approximate surface area is 442 Å². The molecule has 0 radical (unpaired) electrons. The third kappa shape index (κ3) is 16.8. The Hall–Kier alpha value is -5.46. The first-order valence-electron chi connectivity index (χ1n) is 23.8. The number of quaternary nitrogens is 4. The third-order valence-corrected chi connectivity index (χ3v) is 12.9. The molecule has 4 aromatic heterocycles. The van der Waals surface area contributed by atoms with Crippen molar-refractivity contribution in [3.05, 3.63) is 94.0 Å². The van der Waals surface area contributed by atoms with E-state index in [1.807, 2.05) is 83.1 Å². The van der Waals surface area contributed by atoms with Gasteiger partial charge >= 0.3 is 43.4 Å². The minimum absolute atomic E-state index is 0. The Morgan fingerprint density at radius 3 is 0.803 bits per heavy atom. The summed E-state index contributed by atoms with van der Waals surface area (Å²) >= 11 is 7.40. The Morgan fingerprint density at radius 1 is 0.408 bits per heavy atom. The van der Waals surface area contributed by atoms with Crippen molar-refractivity contribution in [1.29, 1.82) is 0 Å². The summed E-state index contributed by atoms with van der Waals surface area (Å²) in [6.07, 6.45) is 2.98. The molecule has 0 aliphatic heterocycles. The predicted octanol–water partition coefficient (Wildman–Crippen LogP) is 9.38. The minimum Gasteiger partial charge on any atom is -0.753 e. The van der Waals surface area contributed by atoms with Crippen molar-refractivity contribution in [3.8, 4) is 34.2 Å². The largest absolute Gasteiger partial charge is 2.00 e. The molecule has 0 aromatic carbocycles. The number of hydroxylamine groups is 12. The second-order valence-electron chi connectivity index (χ2n) is 15.8. The zero-order valence-electron chi connectivity index (χ0n) is 43.2. The fourth-order valence-electron chi connectivity index (χ4n) is 7.59. The molecular weight excluding hydrogens is 1030 g/mol. The van der Waals surface area contributed by atoms with E-state index in [0.717, 1.165) is 0 Å². The number of thiocarbonyl (C=S) groups is 2. The average molecular weight is 1100 g/mol. The quantitative estimate of drug-likeness (QED) is 0.0224. The van der Waals surface area contributed by atoms with Crippen LogP contribution in [0.4, 0.5) is 0 Å². The first-order valence-corrected chi connectivity index (χ1v) is 24.6. The molecular formula is C50H70N10O8RuS2+4. The van der Waals surface area contributed by atoms with Crippen molar-refractivity contribution >= 4 is 58.6 Å². The van der Waals surface area contributed by atoms with E-state index in [0.29, 0.717) is 78.5 Å². The topological polar surface area (TPSA) is 201 Å². The van der Waals surface area contributed by atoms with Crippen LogP contribution in [0.3, 0.4) is 0 Å². The van der Waals surface area contributed by atoms with Crippen LogP contribution in [0.1, 0.15) is 125 Å². The number of hydrogen-bond acceptors (Lipinski definition) is 14. The number of rotatable bonds is 23. The number of pyridine rings is 4.